The first-order valence-corrected chi connectivity index (χ1v) is 8.01. The summed E-state index contributed by atoms with van der Waals surface area (Å²) >= 11 is 0. The first-order chi connectivity index (χ1) is 10.4. The molecule has 0 aromatic heterocycles. The lowest BCUT2D eigenvalue weighted by molar-refractivity contribution is 0.0417. The molecular formula is C18H26O4. The number of para-hydroxylation sites is 1. The topological polar surface area (TPSA) is 55.8 Å². The molecule has 0 bridgehead atoms. The lowest BCUT2D eigenvalue weighted by Gasteiger charge is -2.37. The highest BCUT2D eigenvalue weighted by molar-refractivity contribution is 5.92. The molecule has 0 saturated heterocycles. The van der Waals surface area contributed by atoms with Crippen molar-refractivity contribution in [2.45, 2.75) is 46.1 Å². The van der Waals surface area contributed by atoms with Crippen molar-refractivity contribution in [1.29, 1.82) is 0 Å². The number of carbonyl (C=O) groups is 1. The van der Waals surface area contributed by atoms with Crippen LogP contribution in [0.3, 0.4) is 0 Å². The molecule has 1 aliphatic rings. The molecule has 0 heterocycles. The van der Waals surface area contributed by atoms with E-state index in [4.69, 9.17) is 9.47 Å². The van der Waals surface area contributed by atoms with Gasteiger partial charge in [0.15, 0.2) is 11.5 Å². The lowest BCUT2D eigenvalue weighted by atomic mass is 9.75. The molecule has 0 spiro atoms. The van der Waals surface area contributed by atoms with Crippen LogP contribution in [0.5, 0.6) is 11.5 Å². The Balaban J connectivity index is 2.33. The van der Waals surface area contributed by atoms with Crippen molar-refractivity contribution in [3.05, 3.63) is 23.8 Å². The Hall–Kier alpha value is -1.71. The number of hydrogen-bond acceptors (Lipinski definition) is 3. The minimum absolute atomic E-state index is 0.0400. The van der Waals surface area contributed by atoms with E-state index in [1.54, 1.807) is 18.2 Å². The van der Waals surface area contributed by atoms with Gasteiger partial charge in [-0.15, -0.1) is 0 Å². The van der Waals surface area contributed by atoms with E-state index in [2.05, 4.69) is 20.8 Å². The largest absolute Gasteiger partial charge is 0.493 e. The van der Waals surface area contributed by atoms with E-state index in [0.29, 0.717) is 29.3 Å². The number of rotatable bonds is 5. The molecular weight excluding hydrogens is 280 g/mol. The molecule has 1 aromatic rings. The van der Waals surface area contributed by atoms with Crippen LogP contribution in [0, 0.1) is 17.8 Å². The number of carboxylic acids is 1. The van der Waals surface area contributed by atoms with Crippen LogP contribution in [-0.4, -0.2) is 24.3 Å². The standard InChI is InChI=1S/C18H26O4/c1-11(2)13-9-8-12(3)10-16(13)22-17-14(18(19)20)6-5-7-15(17)21-4/h5-7,11-13,16H,8-10H2,1-4H3,(H,19,20)/t12-,13+,16-/m1/s1. The second-order valence-electron chi connectivity index (χ2n) is 6.62. The maximum Gasteiger partial charge on any atom is 0.339 e. The van der Waals surface area contributed by atoms with E-state index in [9.17, 15) is 9.90 Å². The lowest BCUT2D eigenvalue weighted by Crippen LogP contribution is -2.36. The van der Waals surface area contributed by atoms with Gasteiger partial charge in [0, 0.05) is 0 Å². The Bertz CT molecular complexity index is 524. The van der Waals surface area contributed by atoms with E-state index in [-0.39, 0.29) is 11.7 Å². The zero-order valence-electron chi connectivity index (χ0n) is 13.8. The van der Waals surface area contributed by atoms with Gasteiger partial charge in [-0.2, -0.15) is 0 Å². The second kappa shape index (κ2) is 7.03. The van der Waals surface area contributed by atoms with Gasteiger partial charge >= 0.3 is 5.97 Å². The predicted molar refractivity (Wildman–Crippen MR) is 85.7 cm³/mol. The van der Waals surface area contributed by atoms with Gasteiger partial charge in [0.2, 0.25) is 0 Å². The first-order valence-electron chi connectivity index (χ1n) is 8.01. The number of benzene rings is 1. The molecule has 1 saturated carbocycles. The minimum atomic E-state index is -0.987. The number of carboxylic acid groups (broad SMARTS) is 1. The highest BCUT2D eigenvalue weighted by Crippen LogP contribution is 2.39. The minimum Gasteiger partial charge on any atom is -0.493 e. The molecule has 0 amide bonds. The average Bonchev–Trinajstić information content (AvgIpc) is 2.46. The summed E-state index contributed by atoms with van der Waals surface area (Å²) in [5.41, 5.74) is 0.167. The maximum absolute atomic E-state index is 11.5. The monoisotopic (exact) mass is 306 g/mol. The average molecular weight is 306 g/mol. The van der Waals surface area contributed by atoms with E-state index < -0.39 is 5.97 Å². The highest BCUT2D eigenvalue weighted by atomic mass is 16.5. The molecule has 1 aliphatic carbocycles. The Kier molecular flexibility index (Phi) is 5.33. The van der Waals surface area contributed by atoms with Gasteiger partial charge < -0.3 is 14.6 Å². The second-order valence-corrected chi connectivity index (χ2v) is 6.62. The van der Waals surface area contributed by atoms with Crippen molar-refractivity contribution in [3.63, 3.8) is 0 Å². The molecule has 4 nitrogen and oxygen atoms in total. The summed E-state index contributed by atoms with van der Waals surface area (Å²) in [5.74, 6) is 1.42. The van der Waals surface area contributed by atoms with Crippen LogP contribution in [0.4, 0.5) is 0 Å². The van der Waals surface area contributed by atoms with Crippen LogP contribution in [-0.2, 0) is 0 Å². The van der Waals surface area contributed by atoms with Gasteiger partial charge in [0.05, 0.1) is 7.11 Å². The fourth-order valence-electron chi connectivity index (χ4n) is 3.37. The van der Waals surface area contributed by atoms with E-state index in [0.717, 1.165) is 12.8 Å². The third kappa shape index (κ3) is 3.54. The van der Waals surface area contributed by atoms with Crippen LogP contribution < -0.4 is 9.47 Å². The van der Waals surface area contributed by atoms with E-state index in [1.807, 2.05) is 0 Å². The molecule has 22 heavy (non-hydrogen) atoms. The summed E-state index contributed by atoms with van der Waals surface area (Å²) in [7, 11) is 1.54. The third-order valence-electron chi connectivity index (χ3n) is 4.66. The quantitative estimate of drug-likeness (QED) is 0.884. The fourth-order valence-corrected chi connectivity index (χ4v) is 3.37. The molecule has 4 heteroatoms. The van der Waals surface area contributed by atoms with Crippen LogP contribution in [0.15, 0.2) is 18.2 Å². The van der Waals surface area contributed by atoms with Gasteiger partial charge in [-0.25, -0.2) is 4.79 Å². The van der Waals surface area contributed by atoms with Crippen molar-refractivity contribution < 1.29 is 19.4 Å². The van der Waals surface area contributed by atoms with Gasteiger partial charge in [0.25, 0.3) is 0 Å². The fraction of sp³-hybridized carbons (Fsp3) is 0.611. The van der Waals surface area contributed by atoms with Gasteiger partial charge in [-0.1, -0.05) is 33.3 Å². The number of methoxy groups -OCH3 is 1. The van der Waals surface area contributed by atoms with Crippen molar-refractivity contribution in [2.24, 2.45) is 17.8 Å². The summed E-state index contributed by atoms with van der Waals surface area (Å²) in [4.78, 5) is 11.5. The smallest absolute Gasteiger partial charge is 0.339 e. The zero-order valence-corrected chi connectivity index (χ0v) is 13.8. The van der Waals surface area contributed by atoms with Crippen LogP contribution >= 0.6 is 0 Å². The molecule has 0 radical (unpaired) electrons. The Morgan fingerprint density at radius 3 is 2.64 bits per heavy atom. The van der Waals surface area contributed by atoms with Crippen molar-refractivity contribution in [3.8, 4) is 11.5 Å². The third-order valence-corrected chi connectivity index (χ3v) is 4.66. The van der Waals surface area contributed by atoms with Crippen LogP contribution in [0.2, 0.25) is 0 Å². The highest BCUT2D eigenvalue weighted by Gasteiger charge is 2.33. The molecule has 3 atom stereocenters. The molecule has 1 N–H and O–H groups in total. The maximum atomic E-state index is 11.5. The van der Waals surface area contributed by atoms with Gasteiger partial charge in [-0.05, 0) is 42.7 Å². The Morgan fingerprint density at radius 1 is 1.32 bits per heavy atom. The van der Waals surface area contributed by atoms with Gasteiger partial charge in [-0.3, -0.25) is 0 Å². The first kappa shape index (κ1) is 16.7. The summed E-state index contributed by atoms with van der Waals surface area (Å²) in [6.45, 7) is 6.64. The summed E-state index contributed by atoms with van der Waals surface area (Å²) in [5, 5.41) is 9.41. The number of hydrogen-bond donors (Lipinski definition) is 1. The number of ether oxygens (including phenoxy) is 2. The summed E-state index contributed by atoms with van der Waals surface area (Å²) in [6.07, 6.45) is 3.33. The van der Waals surface area contributed by atoms with E-state index in [1.165, 1.54) is 13.5 Å². The number of aromatic carboxylic acids is 1. The van der Waals surface area contributed by atoms with Crippen molar-refractivity contribution >= 4 is 5.97 Å². The molecule has 1 fully saturated rings. The van der Waals surface area contributed by atoms with Gasteiger partial charge in [0.1, 0.15) is 11.7 Å². The van der Waals surface area contributed by atoms with Crippen LogP contribution in [0.25, 0.3) is 0 Å². The summed E-state index contributed by atoms with van der Waals surface area (Å²) < 4.78 is 11.5. The summed E-state index contributed by atoms with van der Waals surface area (Å²) in [6, 6.07) is 4.99. The Morgan fingerprint density at radius 2 is 2.05 bits per heavy atom. The molecule has 0 unspecified atom stereocenters. The van der Waals surface area contributed by atoms with Crippen molar-refractivity contribution in [1.82, 2.24) is 0 Å². The molecule has 2 rings (SSSR count). The van der Waals surface area contributed by atoms with E-state index >= 15 is 0 Å². The predicted octanol–water partition coefficient (Wildman–Crippen LogP) is 4.23. The van der Waals surface area contributed by atoms with Crippen LogP contribution in [0.1, 0.15) is 50.4 Å². The molecule has 1 aromatic carbocycles. The van der Waals surface area contributed by atoms with Crippen molar-refractivity contribution in [2.75, 3.05) is 7.11 Å². The Labute approximate surface area is 132 Å². The molecule has 0 aliphatic heterocycles. The molecule has 122 valence electrons. The normalized spacial score (nSPS) is 25.0. The SMILES string of the molecule is COc1cccc(C(=O)O)c1O[C@@H]1C[C@H](C)CC[C@H]1C(C)C. The zero-order chi connectivity index (χ0) is 16.3.